The smallest absolute Gasteiger partial charge is 0.870 e. The molecule has 0 saturated carbocycles. The summed E-state index contributed by atoms with van der Waals surface area (Å²) in [7, 11) is 9.86. The number of aliphatic hydroxyl groups excluding tert-OH is 4. The predicted molar refractivity (Wildman–Crippen MR) is 372 cm³/mol. The maximum Gasteiger partial charge on any atom is 3.00 e. The molecule has 108 heavy (non-hydrogen) atoms. The quantitative estimate of drug-likeness (QED) is 0.0299. The molecule has 0 aliphatic heterocycles. The van der Waals surface area contributed by atoms with Crippen LogP contribution in [0.2, 0.25) is 0 Å². The number of aliphatic hydroxyl groups is 4. The average molecular weight is 1890 g/mol. The van der Waals surface area contributed by atoms with E-state index in [0.29, 0.717) is 22.3 Å². The molecule has 0 radical (unpaired) electrons. The molecule has 0 fully saturated rings. The van der Waals surface area contributed by atoms with Crippen molar-refractivity contribution in [2.45, 2.75) is 24.2 Å². The maximum absolute atomic E-state index is 12.7. The molecule has 4 N–H and O–H groups in total. The van der Waals surface area contributed by atoms with Gasteiger partial charge in [-0.3, -0.25) is 20.0 Å². The van der Waals surface area contributed by atoms with Crippen LogP contribution < -0.4 is 39.4 Å². The van der Waals surface area contributed by atoms with Gasteiger partial charge in [0.1, 0.15) is 47.2 Å². The van der Waals surface area contributed by atoms with Gasteiger partial charge in [0.2, 0.25) is 0 Å². The van der Waals surface area contributed by atoms with Crippen molar-refractivity contribution >= 4 is 24.9 Å². The molecule has 8 aromatic carbocycles. The summed E-state index contributed by atoms with van der Waals surface area (Å²) < 4.78 is 20.7. The van der Waals surface area contributed by atoms with Crippen molar-refractivity contribution in [1.29, 1.82) is 0 Å². The molecular formula is C64H68Eu2N10O30Zn2. The van der Waals surface area contributed by atoms with Crippen LogP contribution in [0.4, 0.5) is 0 Å². The Morgan fingerprint density at radius 2 is 0.398 bits per heavy atom. The van der Waals surface area contributed by atoms with Gasteiger partial charge in [0, 0.05) is 53.3 Å². The zero-order chi connectivity index (χ0) is 80.1. The molecule has 0 heterocycles. The summed E-state index contributed by atoms with van der Waals surface area (Å²) in [4.78, 5) is 68.9. The number of hydrogen-bond acceptors (Lipinski definition) is 34. The van der Waals surface area contributed by atoms with Crippen LogP contribution in [0.15, 0.2) is 214 Å². The van der Waals surface area contributed by atoms with Gasteiger partial charge in [0.25, 0.3) is 0 Å². The van der Waals surface area contributed by atoms with E-state index in [1.54, 1.807) is 97.7 Å². The van der Waals surface area contributed by atoms with Crippen molar-refractivity contribution in [1.82, 2.24) is 0 Å². The topological polar surface area (TPSA) is 657 Å². The summed E-state index contributed by atoms with van der Waals surface area (Å²) in [5.41, 5.74) is 5.35. The van der Waals surface area contributed by atoms with E-state index in [4.69, 9.17) is 151 Å². The Bertz CT molecular complexity index is 3310. The Balaban J connectivity index is -0.000000216. The number of para-hydroxylation sites is 4. The minimum absolute atomic E-state index is 0. The van der Waals surface area contributed by atoms with E-state index < -0.39 is 54.7 Å². The minimum atomic E-state index is -1.75. The van der Waals surface area contributed by atoms with Gasteiger partial charge in [0.15, 0.2) is 0 Å². The summed E-state index contributed by atoms with van der Waals surface area (Å²) in [6, 6.07) is 57.5. The van der Waals surface area contributed by atoms with Gasteiger partial charge < -0.3 is 152 Å². The van der Waals surface area contributed by atoms with E-state index in [1.165, 1.54) is 28.4 Å². The first-order chi connectivity index (χ1) is 49.6. The van der Waals surface area contributed by atoms with Gasteiger partial charge in [-0.25, -0.2) is 0 Å². The standard InChI is InChI=1S/2C30H28N2O4.4CH4O.2Eu.6NO3.2Zn/c2*1-35-25-17-9-15-23(29(25)33)19-31-27(21-11-5-3-6-12-21)28(22-13-7-4-8-14-22)32-20-24-16-10-18-26(36-2)30(24)34;4*1-2;;;6*2-1(3)4;;/h2*3-20,27-28,33-34H,1-2H3;4*2H,1H3;;;;;;;;;;/q;;;;;;2*+3;6*-1;2*+2/p-4/t2*27-,28-;;;;;;;;;;;;;;/m11............../s1. The Hall–Kier alpha value is -9.70. The maximum atomic E-state index is 12.7. The van der Waals surface area contributed by atoms with E-state index in [-0.39, 0.29) is 184 Å². The molecule has 0 aliphatic carbocycles. The summed E-state index contributed by atoms with van der Waals surface area (Å²) in [5.74, 6) is 0.0983. The van der Waals surface area contributed by atoms with Crippen molar-refractivity contribution in [2.75, 3.05) is 56.9 Å². The number of ether oxygens (including phenoxy) is 4. The van der Waals surface area contributed by atoms with E-state index in [0.717, 1.165) is 50.7 Å². The largest absolute Gasteiger partial charge is 3.00 e. The normalized spacial score (nSPS) is 10.3. The van der Waals surface area contributed by atoms with Gasteiger partial charge >= 0.3 is 138 Å². The average Bonchev–Trinajstić information content (AvgIpc) is 0.822. The van der Waals surface area contributed by atoms with Crippen molar-refractivity contribution in [3.05, 3.63) is 331 Å². The molecule has 0 saturated heterocycles. The van der Waals surface area contributed by atoms with Crippen LogP contribution in [-0.4, -0.2) is 133 Å². The molecule has 0 aliphatic rings. The van der Waals surface area contributed by atoms with Crippen molar-refractivity contribution in [3.63, 3.8) is 0 Å². The Labute approximate surface area is 722 Å². The third kappa shape index (κ3) is 51.5. The first-order valence-corrected chi connectivity index (χ1v) is 28.0. The molecule has 0 spiro atoms. The third-order valence-corrected chi connectivity index (χ3v) is 11.6. The molecular weight excluding hydrogens is 1820 g/mol. The zero-order valence-corrected chi connectivity index (χ0v) is 68.9. The van der Waals surface area contributed by atoms with Gasteiger partial charge in [-0.2, -0.15) is 0 Å². The molecule has 0 bridgehead atoms. The summed E-state index contributed by atoms with van der Waals surface area (Å²) in [5, 5.41) is 167. The molecule has 0 unspecified atom stereocenters. The van der Waals surface area contributed by atoms with Crippen LogP contribution in [-0.2, 0) is 39.0 Å². The number of nitrogens with zero attached hydrogens (tertiary/aromatic N) is 10. The molecule has 8 aromatic rings. The van der Waals surface area contributed by atoms with Gasteiger partial charge in [-0.1, -0.05) is 193 Å². The minimum Gasteiger partial charge on any atom is -0.870 e. The molecule has 40 nitrogen and oxygen atoms in total. The fraction of sp³-hybridized carbons (Fsp3) is 0.188. The fourth-order valence-corrected chi connectivity index (χ4v) is 7.82. The molecule has 0 aromatic heterocycles. The Kier molecular flexibility index (Phi) is 75.6. The summed E-state index contributed by atoms with van der Waals surface area (Å²) in [6.07, 6.45) is 6.27. The van der Waals surface area contributed by atoms with Gasteiger partial charge in [-0.15, -0.1) is 0 Å². The number of aliphatic imine (C=N–C) groups is 4. The number of benzene rings is 8. The summed E-state index contributed by atoms with van der Waals surface area (Å²) >= 11 is 0. The third-order valence-electron chi connectivity index (χ3n) is 11.6. The predicted octanol–water partition coefficient (Wildman–Crippen LogP) is 6.74. The van der Waals surface area contributed by atoms with Crippen molar-refractivity contribution in [3.8, 4) is 46.0 Å². The number of rotatable bonds is 18. The molecule has 572 valence electrons. The van der Waals surface area contributed by atoms with Crippen LogP contribution in [0.25, 0.3) is 0 Å². The fourth-order valence-electron chi connectivity index (χ4n) is 7.82. The van der Waals surface area contributed by atoms with Crippen molar-refractivity contribution < 1.29 is 228 Å². The van der Waals surface area contributed by atoms with Crippen LogP contribution in [0, 0.1) is 191 Å². The van der Waals surface area contributed by atoms with Crippen LogP contribution >= 0.6 is 0 Å². The number of methoxy groups -OCH3 is 4. The van der Waals surface area contributed by atoms with Crippen LogP contribution in [0.3, 0.4) is 0 Å². The van der Waals surface area contributed by atoms with Crippen LogP contribution in [0.1, 0.15) is 68.7 Å². The van der Waals surface area contributed by atoms with E-state index in [2.05, 4.69) is 0 Å². The summed E-state index contributed by atoms with van der Waals surface area (Å²) in [6.45, 7) is 0. The Morgan fingerprint density at radius 3 is 0.519 bits per heavy atom. The molecule has 0 amide bonds. The number of hydrogen-bond donors (Lipinski definition) is 4. The van der Waals surface area contributed by atoms with E-state index in [9.17, 15) is 20.4 Å². The monoisotopic (exact) mass is 1890 g/mol. The van der Waals surface area contributed by atoms with Gasteiger partial charge in [0.05, 0.1) is 59.0 Å². The SMILES string of the molecule is CO.CO.CO.CO.COc1cccc(C=N[C@H](c2ccccc2)[C@H](N=Cc2cccc(OC)c2[O-])c2ccccc2)c1[O-].COc1cccc(C=N[C@H](c2ccccc2)[C@H](N=Cc2cccc(OC)c2[O-])c2ccccc2)c1[O-].O=[N+]([O-])[O-].O=[N+]([O-])[O-].O=[N+]([O-])[O-].O=[N+]([O-])[O-].O=[N+]([O-])[O-].O=[N+]([O-])[O-].[Eu+3].[Eu+3].[Zn+2].[Zn+2]. The Morgan fingerprint density at radius 1 is 0.269 bits per heavy atom. The second-order valence-electron chi connectivity index (χ2n) is 17.4. The second kappa shape index (κ2) is 71.5. The second-order valence-corrected chi connectivity index (χ2v) is 17.4. The van der Waals surface area contributed by atoms with E-state index >= 15 is 0 Å². The first kappa shape index (κ1) is 114. The van der Waals surface area contributed by atoms with Gasteiger partial charge in [-0.05, 0) is 68.8 Å². The first-order valence-electron chi connectivity index (χ1n) is 28.0. The van der Waals surface area contributed by atoms with Crippen LogP contribution in [0.5, 0.6) is 46.0 Å². The van der Waals surface area contributed by atoms with Crippen molar-refractivity contribution in [2.24, 2.45) is 20.0 Å². The molecule has 8 rings (SSSR count). The van der Waals surface area contributed by atoms with E-state index in [1.807, 2.05) is 121 Å². The molecule has 4 atom stereocenters. The molecule has 44 heteroatoms. The zero-order valence-electron chi connectivity index (χ0n) is 58.1.